The normalized spacial score (nSPS) is 28.1. The van der Waals surface area contributed by atoms with E-state index in [0.29, 0.717) is 23.9 Å². The van der Waals surface area contributed by atoms with Crippen molar-refractivity contribution >= 4 is 8.56 Å². The van der Waals surface area contributed by atoms with Crippen LogP contribution in [0.4, 0.5) is 0 Å². The van der Waals surface area contributed by atoms with Crippen molar-refractivity contribution in [2.24, 2.45) is 46.3 Å². The van der Waals surface area contributed by atoms with Crippen LogP contribution in [0.15, 0.2) is 23.8 Å². The summed E-state index contributed by atoms with van der Waals surface area (Å²) in [6.07, 6.45) is 44.9. The molecule has 0 radical (unpaired) electrons. The Bertz CT molecular complexity index is 1280. The molecule has 0 amide bonds. The molecule has 6 nitrogen and oxygen atoms in total. The summed E-state index contributed by atoms with van der Waals surface area (Å²) in [6.45, 7) is 22.8. The lowest BCUT2D eigenvalue weighted by Gasteiger charge is -2.58. The lowest BCUT2D eigenvalue weighted by Crippen LogP contribution is -2.51. The Hall–Kier alpha value is -0.543. The molecule has 0 aromatic heterocycles. The van der Waals surface area contributed by atoms with Crippen molar-refractivity contribution < 1.29 is 23.8 Å². The Morgan fingerprint density at radius 2 is 1.38 bits per heavy atom. The van der Waals surface area contributed by atoms with E-state index < -0.39 is 8.56 Å². The summed E-state index contributed by atoms with van der Waals surface area (Å²) in [7, 11) is -2.40. The lowest BCUT2D eigenvalue weighted by molar-refractivity contribution is -0.150. The molecular formula is C57H107NO5Si. The molecule has 7 heteroatoms. The Morgan fingerprint density at radius 3 is 2.06 bits per heavy atom. The summed E-state index contributed by atoms with van der Waals surface area (Å²) in [6, 6.07) is 0. The second-order valence-electron chi connectivity index (χ2n) is 23.2. The molecule has 4 rings (SSSR count). The first kappa shape index (κ1) is 56.0. The molecule has 0 spiro atoms. The summed E-state index contributed by atoms with van der Waals surface area (Å²) >= 11 is 0. The minimum absolute atomic E-state index is 0.146. The van der Waals surface area contributed by atoms with E-state index in [-0.39, 0.29) is 25.6 Å². The molecule has 2 N–H and O–H groups in total. The fourth-order valence-corrected chi connectivity index (χ4v) is 15.1. The molecule has 0 bridgehead atoms. The van der Waals surface area contributed by atoms with Crippen molar-refractivity contribution in [3.63, 3.8) is 0 Å². The van der Waals surface area contributed by atoms with Crippen LogP contribution in [0.2, 0.25) is 13.1 Å². The predicted octanol–water partition coefficient (Wildman–Crippen LogP) is 15.4. The smallest absolute Gasteiger partial charge is 0.333 e. The van der Waals surface area contributed by atoms with Crippen molar-refractivity contribution in [1.82, 2.24) is 4.90 Å². The summed E-state index contributed by atoms with van der Waals surface area (Å²) in [4.78, 5) is 2.15. The number of aliphatic hydroxyl groups excluding tert-OH is 2. The number of ether oxygens (including phenoxy) is 1. The maximum Gasteiger partial charge on any atom is 0.333 e. The van der Waals surface area contributed by atoms with Gasteiger partial charge in [0.25, 0.3) is 0 Å². The fraction of sp³-hybridized carbons (Fsp3) is 0.930. The lowest BCUT2D eigenvalue weighted by atomic mass is 9.47. The van der Waals surface area contributed by atoms with Gasteiger partial charge in [0, 0.05) is 19.7 Å². The van der Waals surface area contributed by atoms with Gasteiger partial charge in [0.2, 0.25) is 0 Å². The highest BCUT2D eigenvalue weighted by molar-refractivity contribution is 6.64. The number of aliphatic hydroxyl groups is 2. The average Bonchev–Trinajstić information content (AvgIpc) is 3.62. The average molecular weight is 915 g/mol. The van der Waals surface area contributed by atoms with E-state index in [4.69, 9.17) is 13.6 Å². The molecule has 0 aromatic rings. The summed E-state index contributed by atoms with van der Waals surface area (Å²) in [5, 5.41) is 18.7. The summed E-state index contributed by atoms with van der Waals surface area (Å²) < 4.78 is 20.6. The minimum Gasteiger partial charge on any atom is -0.395 e. The molecule has 4 aliphatic carbocycles. The monoisotopic (exact) mass is 914 g/mol. The van der Waals surface area contributed by atoms with Gasteiger partial charge < -0.3 is 23.8 Å². The van der Waals surface area contributed by atoms with Gasteiger partial charge >= 0.3 is 8.56 Å². The standard InChI is InChI=1S/C57H107NO5Si/c1-9-10-11-12-13-14-15-16-17-18-19-20-21-22-25-31-55(63-64(7,8)61-45-27-24-23-26-40-58(41-43-59)42-44-60)62-50-36-38-56(5)49(46-50)32-33-51-53-35-34-52(48(4)30-28-29-47(2)3)57(53,6)39-37-54(51)56/h16-17,32,47-48,50-55,59-60H,9-15,18-31,33-46H2,1-8H3/b17-16-. The van der Waals surface area contributed by atoms with Gasteiger partial charge in [0.05, 0.1) is 19.3 Å². The number of hydrogen-bond acceptors (Lipinski definition) is 6. The number of unbranched alkanes of at least 4 members (excludes halogenated alkanes) is 14. The number of nitrogens with zero attached hydrogens (tertiary/aromatic N) is 1. The first-order valence-electron chi connectivity index (χ1n) is 28.1. The van der Waals surface area contributed by atoms with Crippen LogP contribution in [0.3, 0.4) is 0 Å². The quantitative estimate of drug-likeness (QED) is 0.0282. The van der Waals surface area contributed by atoms with Gasteiger partial charge in [-0.2, -0.15) is 0 Å². The zero-order chi connectivity index (χ0) is 46.3. The molecule has 9 atom stereocenters. The Morgan fingerprint density at radius 1 is 0.719 bits per heavy atom. The second kappa shape index (κ2) is 30.1. The zero-order valence-corrected chi connectivity index (χ0v) is 44.7. The Balaban J connectivity index is 1.27. The SMILES string of the molecule is CCCCCCCC/C=C\CCCCCCCC(OC1CCC2(C)C(=CCC3C2CCC2(C)C(C(C)CCCC(C)C)CCC32)C1)O[Si](C)(C)OCCCCCCN(CCO)CCO. The predicted molar refractivity (Wildman–Crippen MR) is 275 cm³/mol. The number of fused-ring (bicyclic) bond motifs is 5. The van der Waals surface area contributed by atoms with Gasteiger partial charge in [0.15, 0.2) is 0 Å². The van der Waals surface area contributed by atoms with Crippen LogP contribution in [-0.2, 0) is 13.6 Å². The molecule has 3 saturated carbocycles. The van der Waals surface area contributed by atoms with Crippen molar-refractivity contribution in [1.29, 1.82) is 0 Å². The molecule has 0 aliphatic heterocycles. The van der Waals surface area contributed by atoms with Crippen LogP contribution in [0.25, 0.3) is 0 Å². The van der Waals surface area contributed by atoms with Crippen molar-refractivity contribution in [3.8, 4) is 0 Å². The molecule has 0 aromatic carbocycles. The maximum atomic E-state index is 9.33. The van der Waals surface area contributed by atoms with Gasteiger partial charge in [-0.15, -0.1) is 0 Å². The molecular weight excluding hydrogens is 807 g/mol. The van der Waals surface area contributed by atoms with Crippen LogP contribution < -0.4 is 0 Å². The largest absolute Gasteiger partial charge is 0.395 e. The van der Waals surface area contributed by atoms with E-state index >= 15 is 0 Å². The number of rotatable bonds is 36. The van der Waals surface area contributed by atoms with E-state index in [1.54, 1.807) is 5.57 Å². The summed E-state index contributed by atoms with van der Waals surface area (Å²) in [5.41, 5.74) is 2.59. The molecule has 4 aliphatic rings. The van der Waals surface area contributed by atoms with E-state index in [2.05, 4.69) is 77.8 Å². The van der Waals surface area contributed by atoms with Crippen molar-refractivity contribution in [2.75, 3.05) is 39.5 Å². The molecule has 0 heterocycles. The molecule has 0 saturated heterocycles. The molecule has 374 valence electrons. The highest BCUT2D eigenvalue weighted by Crippen LogP contribution is 2.67. The zero-order valence-electron chi connectivity index (χ0n) is 43.7. The summed E-state index contributed by atoms with van der Waals surface area (Å²) in [5.74, 6) is 5.22. The first-order chi connectivity index (χ1) is 30.9. The van der Waals surface area contributed by atoms with Gasteiger partial charge in [-0.1, -0.05) is 149 Å². The second-order valence-corrected chi connectivity index (χ2v) is 26.5. The molecule has 9 unspecified atom stereocenters. The van der Waals surface area contributed by atoms with E-state index in [1.165, 1.54) is 135 Å². The highest BCUT2D eigenvalue weighted by Gasteiger charge is 2.59. The minimum atomic E-state index is -2.40. The van der Waals surface area contributed by atoms with E-state index in [9.17, 15) is 10.2 Å². The fourth-order valence-electron chi connectivity index (χ4n) is 13.6. The number of hydrogen-bond donors (Lipinski definition) is 2. The molecule has 3 fully saturated rings. The first-order valence-corrected chi connectivity index (χ1v) is 30.9. The third-order valence-electron chi connectivity index (χ3n) is 17.4. The van der Waals surface area contributed by atoms with E-state index in [0.717, 1.165) is 100 Å². The van der Waals surface area contributed by atoms with Crippen LogP contribution in [0.5, 0.6) is 0 Å². The van der Waals surface area contributed by atoms with Crippen LogP contribution >= 0.6 is 0 Å². The van der Waals surface area contributed by atoms with E-state index in [1.807, 2.05) is 0 Å². The third kappa shape index (κ3) is 18.4. The third-order valence-corrected chi connectivity index (χ3v) is 19.1. The van der Waals surface area contributed by atoms with Gasteiger partial charge in [-0.3, -0.25) is 4.90 Å². The number of allylic oxidation sites excluding steroid dienone is 3. The Kier molecular flexibility index (Phi) is 26.4. The van der Waals surface area contributed by atoms with Crippen LogP contribution in [-0.4, -0.2) is 75.5 Å². The van der Waals surface area contributed by atoms with Crippen molar-refractivity contribution in [3.05, 3.63) is 23.8 Å². The van der Waals surface area contributed by atoms with Gasteiger partial charge in [-0.25, -0.2) is 0 Å². The van der Waals surface area contributed by atoms with Crippen LogP contribution in [0.1, 0.15) is 228 Å². The maximum absolute atomic E-state index is 9.33. The Labute approximate surface area is 398 Å². The highest BCUT2D eigenvalue weighted by atomic mass is 28.4. The topological polar surface area (TPSA) is 71.4 Å². The molecule has 64 heavy (non-hydrogen) atoms. The van der Waals surface area contributed by atoms with Crippen molar-refractivity contribution in [2.45, 2.75) is 253 Å². The van der Waals surface area contributed by atoms with Gasteiger partial charge in [-0.05, 0) is 169 Å². The van der Waals surface area contributed by atoms with Gasteiger partial charge in [0.1, 0.15) is 6.29 Å². The van der Waals surface area contributed by atoms with Crippen LogP contribution in [0, 0.1) is 46.3 Å².